The second-order valence-electron chi connectivity index (χ2n) is 4.20. The molecule has 0 saturated carbocycles. The molecule has 3 nitrogen and oxygen atoms in total. The number of nitrogens with zero attached hydrogens (tertiary/aromatic N) is 1. The number of rotatable bonds is 2. The van der Waals surface area contributed by atoms with Crippen molar-refractivity contribution in [2.75, 3.05) is 20.2 Å². The van der Waals surface area contributed by atoms with E-state index in [1.807, 2.05) is 23.1 Å². The van der Waals surface area contributed by atoms with Crippen molar-refractivity contribution in [2.45, 2.75) is 17.7 Å². The van der Waals surface area contributed by atoms with E-state index in [1.165, 1.54) is 0 Å². The third-order valence-corrected chi connectivity index (χ3v) is 3.94. The molecule has 0 aromatic heterocycles. The van der Waals surface area contributed by atoms with Crippen LogP contribution in [-0.4, -0.2) is 35.8 Å². The Morgan fingerprint density at radius 3 is 2.76 bits per heavy atom. The van der Waals surface area contributed by atoms with E-state index >= 15 is 0 Å². The van der Waals surface area contributed by atoms with Gasteiger partial charge < -0.3 is 9.64 Å². The molecule has 4 heteroatoms. The van der Waals surface area contributed by atoms with Crippen LogP contribution in [0.25, 0.3) is 0 Å². The van der Waals surface area contributed by atoms with Crippen LogP contribution in [0.3, 0.4) is 0 Å². The molecule has 0 aliphatic carbocycles. The summed E-state index contributed by atoms with van der Waals surface area (Å²) < 4.78 is 5.13. The van der Waals surface area contributed by atoms with Gasteiger partial charge in [0.25, 0.3) is 5.91 Å². The lowest BCUT2D eigenvalue weighted by atomic mass is 10.1. The first-order chi connectivity index (χ1) is 8.20. The first-order valence-corrected chi connectivity index (χ1v) is 6.69. The summed E-state index contributed by atoms with van der Waals surface area (Å²) in [7, 11) is 1.61. The second-order valence-corrected chi connectivity index (χ2v) is 5.49. The first-order valence-electron chi connectivity index (χ1n) is 5.78. The Kier molecular flexibility index (Phi) is 4.05. The fourth-order valence-corrected chi connectivity index (χ4v) is 2.40. The summed E-state index contributed by atoms with van der Waals surface area (Å²) in [6.45, 7) is 1.65. The number of carbonyl (C=O) groups excluding carboxylic acids is 1. The van der Waals surface area contributed by atoms with E-state index in [-0.39, 0.29) is 5.91 Å². The molecule has 1 amide bonds. The van der Waals surface area contributed by atoms with Crippen molar-refractivity contribution in [1.29, 1.82) is 0 Å². The summed E-state index contributed by atoms with van der Waals surface area (Å²) in [5.74, 6) is 0.828. The smallest absolute Gasteiger partial charge is 0.253 e. The van der Waals surface area contributed by atoms with E-state index in [1.54, 1.807) is 13.2 Å². The van der Waals surface area contributed by atoms with Crippen LogP contribution in [0.2, 0.25) is 0 Å². The summed E-state index contributed by atoms with van der Waals surface area (Å²) in [6.07, 6.45) is 2.05. The van der Waals surface area contributed by atoms with E-state index in [9.17, 15) is 4.79 Å². The van der Waals surface area contributed by atoms with Crippen molar-refractivity contribution < 1.29 is 9.53 Å². The lowest BCUT2D eigenvalue weighted by Gasteiger charge is -2.29. The second kappa shape index (κ2) is 5.54. The molecule has 0 bridgehead atoms. The topological polar surface area (TPSA) is 29.5 Å². The van der Waals surface area contributed by atoms with Gasteiger partial charge in [-0.2, -0.15) is 0 Å². The Morgan fingerprint density at radius 1 is 1.41 bits per heavy atom. The maximum Gasteiger partial charge on any atom is 0.253 e. The van der Waals surface area contributed by atoms with Crippen LogP contribution in [0, 0.1) is 0 Å². The third kappa shape index (κ3) is 3.00. The summed E-state index contributed by atoms with van der Waals surface area (Å²) in [5.41, 5.74) is 0.706. The number of halogens is 1. The lowest BCUT2D eigenvalue weighted by molar-refractivity contribution is 0.0728. The summed E-state index contributed by atoms with van der Waals surface area (Å²) in [6, 6.07) is 7.33. The molecular formula is C13H16BrNO2. The number of methoxy groups -OCH3 is 1. The standard InChI is InChI=1S/C13H16BrNO2/c1-17-12-4-2-3-10(9-12)13(16)15-7-5-11(14)6-8-15/h2-4,9,11H,5-8H2,1H3. The lowest BCUT2D eigenvalue weighted by Crippen LogP contribution is -2.38. The largest absolute Gasteiger partial charge is 0.497 e. The summed E-state index contributed by atoms with van der Waals surface area (Å²) >= 11 is 3.59. The van der Waals surface area contributed by atoms with Crippen molar-refractivity contribution in [2.24, 2.45) is 0 Å². The monoisotopic (exact) mass is 297 g/mol. The van der Waals surface area contributed by atoms with E-state index in [4.69, 9.17) is 4.74 Å². The molecule has 2 rings (SSSR count). The van der Waals surface area contributed by atoms with Gasteiger partial charge >= 0.3 is 0 Å². The van der Waals surface area contributed by atoms with Gasteiger partial charge in [0.05, 0.1) is 7.11 Å². The quantitative estimate of drug-likeness (QED) is 0.786. The Bertz CT molecular complexity index is 400. The molecular weight excluding hydrogens is 282 g/mol. The number of ether oxygens (including phenoxy) is 1. The normalized spacial score (nSPS) is 16.9. The van der Waals surface area contributed by atoms with Crippen LogP contribution in [0.1, 0.15) is 23.2 Å². The molecule has 17 heavy (non-hydrogen) atoms. The van der Waals surface area contributed by atoms with Gasteiger partial charge in [-0.05, 0) is 31.0 Å². The van der Waals surface area contributed by atoms with Gasteiger partial charge in [0, 0.05) is 23.5 Å². The number of alkyl halides is 1. The van der Waals surface area contributed by atoms with Crippen LogP contribution >= 0.6 is 15.9 Å². The predicted molar refractivity (Wildman–Crippen MR) is 70.8 cm³/mol. The van der Waals surface area contributed by atoms with Crippen molar-refractivity contribution in [3.05, 3.63) is 29.8 Å². The molecule has 1 aliphatic rings. The fourth-order valence-electron chi connectivity index (χ4n) is 1.99. The number of hydrogen-bond acceptors (Lipinski definition) is 2. The van der Waals surface area contributed by atoms with Gasteiger partial charge in [-0.15, -0.1) is 0 Å². The molecule has 1 fully saturated rings. The Balaban J connectivity index is 2.08. The number of amides is 1. The maximum atomic E-state index is 12.2. The highest BCUT2D eigenvalue weighted by atomic mass is 79.9. The molecule has 1 aliphatic heterocycles. The zero-order valence-corrected chi connectivity index (χ0v) is 11.4. The molecule has 0 atom stereocenters. The van der Waals surface area contributed by atoms with Gasteiger partial charge in [0.2, 0.25) is 0 Å². The van der Waals surface area contributed by atoms with Crippen LogP contribution in [0.5, 0.6) is 5.75 Å². The average Bonchev–Trinajstić information content (AvgIpc) is 2.39. The predicted octanol–water partition coefficient (Wildman–Crippen LogP) is 2.69. The highest BCUT2D eigenvalue weighted by molar-refractivity contribution is 9.09. The molecule has 1 saturated heterocycles. The number of benzene rings is 1. The highest BCUT2D eigenvalue weighted by Crippen LogP contribution is 2.20. The maximum absolute atomic E-state index is 12.2. The van der Waals surface area contributed by atoms with E-state index < -0.39 is 0 Å². The Morgan fingerprint density at radius 2 is 2.12 bits per heavy atom. The van der Waals surface area contributed by atoms with Gasteiger partial charge in [-0.1, -0.05) is 22.0 Å². The fraction of sp³-hybridized carbons (Fsp3) is 0.462. The van der Waals surface area contributed by atoms with Crippen molar-refractivity contribution in [3.8, 4) is 5.75 Å². The Hall–Kier alpha value is -1.03. The van der Waals surface area contributed by atoms with Gasteiger partial charge in [0.1, 0.15) is 5.75 Å². The highest BCUT2D eigenvalue weighted by Gasteiger charge is 2.22. The Labute approximate surface area is 110 Å². The zero-order valence-electron chi connectivity index (χ0n) is 9.86. The molecule has 0 N–H and O–H groups in total. The molecule has 92 valence electrons. The van der Waals surface area contributed by atoms with E-state index in [0.29, 0.717) is 10.4 Å². The van der Waals surface area contributed by atoms with Crippen LogP contribution in [-0.2, 0) is 0 Å². The number of carbonyl (C=O) groups is 1. The summed E-state index contributed by atoms with van der Waals surface area (Å²) in [4.78, 5) is 14.7. The number of likely N-dealkylation sites (tertiary alicyclic amines) is 1. The van der Waals surface area contributed by atoms with Gasteiger partial charge in [-0.3, -0.25) is 4.79 Å². The van der Waals surface area contributed by atoms with Crippen LogP contribution in [0.4, 0.5) is 0 Å². The third-order valence-electron chi connectivity index (χ3n) is 3.03. The minimum absolute atomic E-state index is 0.100. The molecule has 0 unspecified atom stereocenters. The molecule has 1 aromatic carbocycles. The molecule has 0 spiro atoms. The molecule has 1 aromatic rings. The minimum Gasteiger partial charge on any atom is -0.497 e. The van der Waals surface area contributed by atoms with Crippen molar-refractivity contribution in [3.63, 3.8) is 0 Å². The van der Waals surface area contributed by atoms with Crippen molar-refractivity contribution >= 4 is 21.8 Å². The van der Waals surface area contributed by atoms with Crippen LogP contribution < -0.4 is 4.74 Å². The number of piperidine rings is 1. The van der Waals surface area contributed by atoms with Gasteiger partial charge in [-0.25, -0.2) is 0 Å². The average molecular weight is 298 g/mol. The van der Waals surface area contributed by atoms with E-state index in [2.05, 4.69) is 15.9 Å². The van der Waals surface area contributed by atoms with E-state index in [0.717, 1.165) is 31.7 Å². The summed E-state index contributed by atoms with van der Waals surface area (Å²) in [5, 5.41) is 0. The molecule has 1 heterocycles. The zero-order chi connectivity index (χ0) is 12.3. The minimum atomic E-state index is 0.100. The molecule has 0 radical (unpaired) electrons. The number of hydrogen-bond donors (Lipinski definition) is 0. The van der Waals surface area contributed by atoms with Crippen molar-refractivity contribution in [1.82, 2.24) is 4.90 Å². The van der Waals surface area contributed by atoms with Crippen LogP contribution in [0.15, 0.2) is 24.3 Å². The first kappa shape index (κ1) is 12.4. The SMILES string of the molecule is COc1cccc(C(=O)N2CCC(Br)CC2)c1. The van der Waals surface area contributed by atoms with Gasteiger partial charge in [0.15, 0.2) is 0 Å².